The minimum Gasteiger partial charge on any atom is -0.494 e. The highest BCUT2D eigenvalue weighted by molar-refractivity contribution is 5.92. The molecule has 0 aliphatic heterocycles. The summed E-state index contributed by atoms with van der Waals surface area (Å²) in [5.41, 5.74) is 1.93. The normalized spacial score (nSPS) is 10.2. The molecule has 0 bridgehead atoms. The van der Waals surface area contributed by atoms with Crippen LogP contribution in [0.4, 0.5) is 5.69 Å². The predicted molar refractivity (Wildman–Crippen MR) is 89.0 cm³/mol. The number of carbonyl (C=O) groups excluding carboxylic acids is 1. The molecule has 2 aromatic rings. The van der Waals surface area contributed by atoms with Crippen LogP contribution in [0.3, 0.4) is 0 Å². The van der Waals surface area contributed by atoms with Crippen molar-refractivity contribution >= 4 is 11.6 Å². The molecule has 2 aromatic carbocycles. The van der Waals surface area contributed by atoms with E-state index in [1.165, 1.54) is 0 Å². The molecule has 0 aliphatic rings. The molecule has 116 valence electrons. The van der Waals surface area contributed by atoms with Gasteiger partial charge in [0.15, 0.2) is 0 Å². The maximum Gasteiger partial charge on any atom is 0.238 e. The van der Waals surface area contributed by atoms with E-state index in [2.05, 4.69) is 17.6 Å². The fourth-order valence-corrected chi connectivity index (χ4v) is 1.98. The Labute approximate surface area is 131 Å². The standard InChI is InChI=1S/C18H22N2O2/c1-2-12-22-17-10-8-16(9-11-17)20-18(21)14-19-13-15-6-4-3-5-7-15/h3-11,19H,2,12-14H2,1H3,(H,20,21). The molecule has 4 nitrogen and oxygen atoms in total. The van der Waals surface area contributed by atoms with Gasteiger partial charge in [-0.3, -0.25) is 4.79 Å². The minimum atomic E-state index is -0.0573. The summed E-state index contributed by atoms with van der Waals surface area (Å²) in [6, 6.07) is 17.4. The molecule has 2 rings (SSSR count). The van der Waals surface area contributed by atoms with E-state index in [1.54, 1.807) is 0 Å². The van der Waals surface area contributed by atoms with E-state index in [1.807, 2.05) is 54.6 Å². The zero-order valence-corrected chi connectivity index (χ0v) is 12.8. The third-order valence-corrected chi connectivity index (χ3v) is 3.07. The smallest absolute Gasteiger partial charge is 0.238 e. The van der Waals surface area contributed by atoms with Crippen LogP contribution in [0.15, 0.2) is 54.6 Å². The van der Waals surface area contributed by atoms with E-state index in [9.17, 15) is 4.79 Å². The topological polar surface area (TPSA) is 50.4 Å². The second kappa shape index (κ2) is 8.85. The van der Waals surface area contributed by atoms with Crippen LogP contribution in [-0.4, -0.2) is 19.1 Å². The largest absolute Gasteiger partial charge is 0.494 e. The molecule has 1 amide bonds. The number of amides is 1. The SMILES string of the molecule is CCCOc1ccc(NC(=O)CNCc2ccccc2)cc1. The fourth-order valence-electron chi connectivity index (χ4n) is 1.98. The number of hydrogen-bond donors (Lipinski definition) is 2. The Balaban J connectivity index is 1.72. The molecule has 2 N–H and O–H groups in total. The number of nitrogens with one attached hydrogen (secondary N) is 2. The number of ether oxygens (including phenoxy) is 1. The molecule has 4 heteroatoms. The summed E-state index contributed by atoms with van der Waals surface area (Å²) in [7, 11) is 0. The summed E-state index contributed by atoms with van der Waals surface area (Å²) in [6.45, 7) is 3.73. The van der Waals surface area contributed by atoms with Gasteiger partial charge in [0.1, 0.15) is 5.75 Å². The van der Waals surface area contributed by atoms with Crippen molar-refractivity contribution in [2.24, 2.45) is 0 Å². The quantitative estimate of drug-likeness (QED) is 0.787. The molecule has 0 aliphatic carbocycles. The zero-order valence-electron chi connectivity index (χ0n) is 12.8. The van der Waals surface area contributed by atoms with E-state index < -0.39 is 0 Å². The van der Waals surface area contributed by atoms with Crippen molar-refractivity contribution in [1.29, 1.82) is 0 Å². The zero-order chi connectivity index (χ0) is 15.6. The van der Waals surface area contributed by atoms with Gasteiger partial charge in [0.25, 0.3) is 0 Å². The van der Waals surface area contributed by atoms with Crippen molar-refractivity contribution in [3.05, 3.63) is 60.2 Å². The molecule has 22 heavy (non-hydrogen) atoms. The number of benzene rings is 2. The second-order valence-electron chi connectivity index (χ2n) is 5.01. The maximum atomic E-state index is 11.9. The van der Waals surface area contributed by atoms with Crippen molar-refractivity contribution in [2.75, 3.05) is 18.5 Å². The van der Waals surface area contributed by atoms with Crippen LogP contribution in [0.1, 0.15) is 18.9 Å². The van der Waals surface area contributed by atoms with Crippen LogP contribution in [0.25, 0.3) is 0 Å². The van der Waals surface area contributed by atoms with Crippen LogP contribution < -0.4 is 15.4 Å². The fraction of sp³-hybridized carbons (Fsp3) is 0.278. The van der Waals surface area contributed by atoms with Gasteiger partial charge in [-0.2, -0.15) is 0 Å². The predicted octanol–water partition coefficient (Wildman–Crippen LogP) is 3.20. The van der Waals surface area contributed by atoms with Crippen molar-refractivity contribution in [3.63, 3.8) is 0 Å². The molecule has 0 spiro atoms. The lowest BCUT2D eigenvalue weighted by molar-refractivity contribution is -0.115. The van der Waals surface area contributed by atoms with E-state index in [-0.39, 0.29) is 12.5 Å². The van der Waals surface area contributed by atoms with Crippen molar-refractivity contribution in [1.82, 2.24) is 5.32 Å². The highest BCUT2D eigenvalue weighted by Gasteiger charge is 2.02. The van der Waals surface area contributed by atoms with E-state index in [0.717, 1.165) is 23.4 Å². The van der Waals surface area contributed by atoms with Crippen molar-refractivity contribution < 1.29 is 9.53 Å². The Morgan fingerprint density at radius 3 is 2.45 bits per heavy atom. The van der Waals surface area contributed by atoms with E-state index in [4.69, 9.17) is 4.74 Å². The lowest BCUT2D eigenvalue weighted by atomic mass is 10.2. The van der Waals surface area contributed by atoms with Crippen molar-refractivity contribution in [2.45, 2.75) is 19.9 Å². The Morgan fingerprint density at radius 1 is 1.05 bits per heavy atom. The first-order valence-corrected chi connectivity index (χ1v) is 7.55. The molecule has 0 saturated carbocycles. The summed E-state index contributed by atoms with van der Waals surface area (Å²) < 4.78 is 5.50. The van der Waals surface area contributed by atoms with Gasteiger partial charge in [0.05, 0.1) is 13.2 Å². The lowest BCUT2D eigenvalue weighted by Crippen LogP contribution is -2.27. The third-order valence-electron chi connectivity index (χ3n) is 3.07. The van der Waals surface area contributed by atoms with Crippen LogP contribution in [0.5, 0.6) is 5.75 Å². The Hall–Kier alpha value is -2.33. The molecular weight excluding hydrogens is 276 g/mol. The molecule has 0 aromatic heterocycles. The summed E-state index contributed by atoms with van der Waals surface area (Å²) in [5.74, 6) is 0.764. The Bertz CT molecular complexity index is 567. The highest BCUT2D eigenvalue weighted by Crippen LogP contribution is 2.15. The van der Waals surface area contributed by atoms with Crippen molar-refractivity contribution in [3.8, 4) is 5.75 Å². The Kier molecular flexibility index (Phi) is 6.45. The van der Waals surface area contributed by atoms with Crippen LogP contribution in [0, 0.1) is 0 Å². The monoisotopic (exact) mass is 298 g/mol. The second-order valence-corrected chi connectivity index (χ2v) is 5.01. The lowest BCUT2D eigenvalue weighted by Gasteiger charge is -2.08. The summed E-state index contributed by atoms with van der Waals surface area (Å²) in [5, 5.41) is 5.98. The van der Waals surface area contributed by atoms with Crippen LogP contribution in [0.2, 0.25) is 0 Å². The number of hydrogen-bond acceptors (Lipinski definition) is 3. The maximum absolute atomic E-state index is 11.9. The van der Waals surface area contributed by atoms with E-state index >= 15 is 0 Å². The van der Waals surface area contributed by atoms with Gasteiger partial charge in [0, 0.05) is 12.2 Å². The molecule has 0 fully saturated rings. The molecule has 0 unspecified atom stereocenters. The van der Waals surface area contributed by atoms with Crippen LogP contribution in [-0.2, 0) is 11.3 Å². The first kappa shape index (κ1) is 16.0. The molecular formula is C18H22N2O2. The molecule has 0 radical (unpaired) electrons. The van der Waals surface area contributed by atoms with Gasteiger partial charge >= 0.3 is 0 Å². The average molecular weight is 298 g/mol. The van der Waals surface area contributed by atoms with E-state index in [0.29, 0.717) is 13.2 Å². The number of anilines is 1. The number of carbonyl (C=O) groups is 1. The number of rotatable bonds is 8. The van der Waals surface area contributed by atoms with Gasteiger partial charge in [-0.15, -0.1) is 0 Å². The van der Waals surface area contributed by atoms with Crippen LogP contribution >= 0.6 is 0 Å². The molecule has 0 saturated heterocycles. The first-order valence-electron chi connectivity index (χ1n) is 7.55. The van der Waals surface area contributed by atoms with Gasteiger partial charge in [-0.1, -0.05) is 37.3 Å². The summed E-state index contributed by atoms with van der Waals surface area (Å²) >= 11 is 0. The highest BCUT2D eigenvalue weighted by atomic mass is 16.5. The minimum absolute atomic E-state index is 0.0573. The first-order chi connectivity index (χ1) is 10.8. The molecule has 0 heterocycles. The van der Waals surface area contributed by atoms with Gasteiger partial charge in [-0.25, -0.2) is 0 Å². The van der Waals surface area contributed by atoms with Gasteiger partial charge in [-0.05, 0) is 36.2 Å². The van der Waals surface area contributed by atoms with Gasteiger partial charge in [0.2, 0.25) is 5.91 Å². The van der Waals surface area contributed by atoms with Gasteiger partial charge < -0.3 is 15.4 Å². The summed E-state index contributed by atoms with van der Waals surface area (Å²) in [6.07, 6.45) is 0.978. The third kappa shape index (κ3) is 5.58. The average Bonchev–Trinajstić information content (AvgIpc) is 2.55. The Morgan fingerprint density at radius 2 is 1.77 bits per heavy atom. The summed E-state index contributed by atoms with van der Waals surface area (Å²) in [4.78, 5) is 11.9. The molecule has 0 atom stereocenters.